The summed E-state index contributed by atoms with van der Waals surface area (Å²) in [5, 5.41) is 11.4. The minimum Gasteiger partial charge on any atom is -0.382 e. The van der Waals surface area contributed by atoms with Gasteiger partial charge in [-0.15, -0.1) is 0 Å². The topological polar surface area (TPSA) is 20.2 Å². The van der Waals surface area contributed by atoms with Crippen molar-refractivity contribution in [2.75, 3.05) is 0 Å². The van der Waals surface area contributed by atoms with E-state index >= 15 is 0 Å². The van der Waals surface area contributed by atoms with E-state index in [1.165, 1.54) is 11.1 Å². The molecule has 0 amide bonds. The quantitative estimate of drug-likeness (QED) is 0.845. The van der Waals surface area contributed by atoms with Crippen LogP contribution in [-0.4, -0.2) is 11.5 Å². The second-order valence-electron chi connectivity index (χ2n) is 4.43. The second kappa shape index (κ2) is 3.77. The Morgan fingerprint density at radius 2 is 1.71 bits per heavy atom. The lowest BCUT2D eigenvalue weighted by Gasteiger charge is -2.14. The molecule has 3 rings (SSSR count). The molecule has 0 fully saturated rings. The van der Waals surface area contributed by atoms with E-state index in [4.69, 9.17) is 0 Å². The van der Waals surface area contributed by atoms with Crippen molar-refractivity contribution in [1.29, 1.82) is 0 Å². The smallest absolute Gasteiger partial charge is 0.268 e. The van der Waals surface area contributed by atoms with Crippen molar-refractivity contribution < 1.29 is 13.9 Å². The highest BCUT2D eigenvalue weighted by Gasteiger charge is 2.24. The lowest BCUT2D eigenvalue weighted by molar-refractivity contribution is -0.00494. The Balaban J connectivity index is 2.29. The van der Waals surface area contributed by atoms with Gasteiger partial charge in [-0.05, 0) is 40.3 Å². The maximum atomic E-state index is 12.6. The van der Waals surface area contributed by atoms with Gasteiger partial charge in [0.2, 0.25) is 0 Å². The predicted octanol–water partition coefficient (Wildman–Crippen LogP) is 3.24. The SMILES string of the molecule is OC(c1ccc2c3c(cccc13)CC2)C(F)F. The molecule has 0 saturated carbocycles. The molecule has 0 aromatic heterocycles. The summed E-state index contributed by atoms with van der Waals surface area (Å²) in [5.74, 6) is 0. The Labute approximate surface area is 97.7 Å². The molecular formula is C14H12F2O. The van der Waals surface area contributed by atoms with Gasteiger partial charge in [-0.2, -0.15) is 0 Å². The summed E-state index contributed by atoms with van der Waals surface area (Å²) in [7, 11) is 0. The van der Waals surface area contributed by atoms with Gasteiger partial charge in [0.05, 0.1) is 0 Å². The van der Waals surface area contributed by atoms with Crippen LogP contribution in [-0.2, 0) is 12.8 Å². The first-order valence-corrected chi connectivity index (χ1v) is 5.68. The normalized spacial score (nSPS) is 15.8. The van der Waals surface area contributed by atoms with E-state index in [0.717, 1.165) is 23.6 Å². The predicted molar refractivity (Wildman–Crippen MR) is 62.3 cm³/mol. The van der Waals surface area contributed by atoms with E-state index < -0.39 is 12.5 Å². The molecule has 2 aromatic carbocycles. The van der Waals surface area contributed by atoms with Crippen molar-refractivity contribution in [1.82, 2.24) is 0 Å². The molecule has 1 aliphatic rings. The summed E-state index contributed by atoms with van der Waals surface area (Å²) in [4.78, 5) is 0. The molecular weight excluding hydrogens is 222 g/mol. The number of aliphatic hydroxyl groups excluding tert-OH is 1. The fourth-order valence-corrected chi connectivity index (χ4v) is 2.66. The van der Waals surface area contributed by atoms with Gasteiger partial charge in [0.1, 0.15) is 6.10 Å². The van der Waals surface area contributed by atoms with Gasteiger partial charge >= 0.3 is 0 Å². The minimum absolute atomic E-state index is 0.336. The van der Waals surface area contributed by atoms with Crippen LogP contribution in [0.3, 0.4) is 0 Å². The molecule has 0 spiro atoms. The lowest BCUT2D eigenvalue weighted by atomic mass is 9.97. The second-order valence-corrected chi connectivity index (χ2v) is 4.43. The zero-order valence-electron chi connectivity index (χ0n) is 9.16. The molecule has 1 atom stereocenters. The van der Waals surface area contributed by atoms with E-state index in [1.54, 1.807) is 6.07 Å². The van der Waals surface area contributed by atoms with E-state index in [2.05, 4.69) is 0 Å². The van der Waals surface area contributed by atoms with Crippen LogP contribution >= 0.6 is 0 Å². The van der Waals surface area contributed by atoms with E-state index in [0.29, 0.717) is 5.56 Å². The fourth-order valence-electron chi connectivity index (χ4n) is 2.66. The van der Waals surface area contributed by atoms with Crippen molar-refractivity contribution in [3.05, 3.63) is 47.0 Å². The highest BCUT2D eigenvalue weighted by Crippen LogP contribution is 2.36. The molecule has 2 aromatic rings. The molecule has 1 N–H and O–H groups in total. The molecule has 0 radical (unpaired) electrons. The number of rotatable bonds is 2. The van der Waals surface area contributed by atoms with Crippen LogP contribution in [0.1, 0.15) is 22.8 Å². The Kier molecular flexibility index (Phi) is 2.37. The Morgan fingerprint density at radius 1 is 1.00 bits per heavy atom. The third-order valence-corrected chi connectivity index (χ3v) is 3.47. The maximum absolute atomic E-state index is 12.6. The number of aryl methyl sites for hydroxylation is 2. The first-order valence-electron chi connectivity index (χ1n) is 5.68. The van der Waals surface area contributed by atoms with Crippen molar-refractivity contribution in [3.63, 3.8) is 0 Å². The van der Waals surface area contributed by atoms with Gasteiger partial charge < -0.3 is 5.11 Å². The van der Waals surface area contributed by atoms with Crippen LogP contribution in [0.4, 0.5) is 8.78 Å². The monoisotopic (exact) mass is 234 g/mol. The van der Waals surface area contributed by atoms with Gasteiger partial charge in [0.15, 0.2) is 0 Å². The summed E-state index contributed by atoms with van der Waals surface area (Å²) < 4.78 is 25.2. The molecule has 3 heteroatoms. The molecule has 1 unspecified atom stereocenters. The van der Waals surface area contributed by atoms with E-state index in [1.807, 2.05) is 24.3 Å². The average molecular weight is 234 g/mol. The molecule has 0 aliphatic heterocycles. The standard InChI is InChI=1S/C14H12F2O/c15-14(16)13(17)11-7-6-9-5-4-8-2-1-3-10(11)12(8)9/h1-3,6-7,13-14,17H,4-5H2. The Morgan fingerprint density at radius 3 is 2.41 bits per heavy atom. The van der Waals surface area contributed by atoms with Crippen molar-refractivity contribution in [3.8, 4) is 0 Å². The maximum Gasteiger partial charge on any atom is 0.268 e. The third kappa shape index (κ3) is 1.53. The summed E-state index contributed by atoms with van der Waals surface area (Å²) in [6.45, 7) is 0. The highest BCUT2D eigenvalue weighted by atomic mass is 19.3. The van der Waals surface area contributed by atoms with Gasteiger partial charge in [-0.3, -0.25) is 0 Å². The molecule has 88 valence electrons. The molecule has 0 saturated heterocycles. The van der Waals surface area contributed by atoms with Gasteiger partial charge in [0, 0.05) is 0 Å². The highest BCUT2D eigenvalue weighted by molar-refractivity contribution is 5.93. The molecule has 0 bridgehead atoms. The first-order chi connectivity index (χ1) is 8.18. The number of hydrogen-bond donors (Lipinski definition) is 1. The summed E-state index contributed by atoms with van der Waals surface area (Å²) in [6, 6.07) is 9.20. The molecule has 1 nitrogen and oxygen atoms in total. The Bertz CT molecular complexity index is 567. The lowest BCUT2D eigenvalue weighted by Crippen LogP contribution is -2.08. The number of alkyl halides is 2. The summed E-state index contributed by atoms with van der Waals surface area (Å²) in [6.07, 6.45) is -2.52. The van der Waals surface area contributed by atoms with Crippen LogP contribution < -0.4 is 0 Å². The van der Waals surface area contributed by atoms with Crippen LogP contribution in [0.25, 0.3) is 10.8 Å². The first kappa shape index (κ1) is 10.7. The van der Waals surface area contributed by atoms with E-state index in [9.17, 15) is 13.9 Å². The van der Waals surface area contributed by atoms with Crippen LogP contribution in [0.5, 0.6) is 0 Å². The van der Waals surface area contributed by atoms with Crippen molar-refractivity contribution >= 4 is 10.8 Å². The van der Waals surface area contributed by atoms with E-state index in [-0.39, 0.29) is 0 Å². The zero-order chi connectivity index (χ0) is 12.0. The Hall–Kier alpha value is -1.48. The fraction of sp³-hybridized carbons (Fsp3) is 0.286. The summed E-state index contributed by atoms with van der Waals surface area (Å²) in [5.41, 5.74) is 2.73. The van der Waals surface area contributed by atoms with Gasteiger partial charge in [-0.1, -0.05) is 30.3 Å². The molecule has 0 heterocycles. The molecule has 1 aliphatic carbocycles. The molecule has 17 heavy (non-hydrogen) atoms. The van der Waals surface area contributed by atoms with Crippen LogP contribution in [0.15, 0.2) is 30.3 Å². The largest absolute Gasteiger partial charge is 0.382 e. The van der Waals surface area contributed by atoms with Crippen molar-refractivity contribution in [2.45, 2.75) is 25.4 Å². The summed E-state index contributed by atoms with van der Waals surface area (Å²) >= 11 is 0. The minimum atomic E-state index is -2.74. The number of aliphatic hydroxyl groups is 1. The van der Waals surface area contributed by atoms with Crippen molar-refractivity contribution in [2.24, 2.45) is 0 Å². The van der Waals surface area contributed by atoms with Crippen LogP contribution in [0.2, 0.25) is 0 Å². The van der Waals surface area contributed by atoms with Gasteiger partial charge in [-0.25, -0.2) is 8.78 Å². The number of halogens is 2. The number of benzene rings is 2. The number of hydrogen-bond acceptors (Lipinski definition) is 1. The third-order valence-electron chi connectivity index (χ3n) is 3.47. The van der Waals surface area contributed by atoms with Gasteiger partial charge in [0.25, 0.3) is 6.43 Å². The van der Waals surface area contributed by atoms with Crippen LogP contribution in [0, 0.1) is 0 Å². The zero-order valence-corrected chi connectivity index (χ0v) is 9.16. The average Bonchev–Trinajstić information content (AvgIpc) is 2.74.